The monoisotopic (exact) mass is 414 g/mol. The number of carbonyl (C=O) groups excluding carboxylic acids is 1. The fourth-order valence-electron chi connectivity index (χ4n) is 3.59. The van der Waals surface area contributed by atoms with Crippen LogP contribution in [0.2, 0.25) is 0 Å². The van der Waals surface area contributed by atoms with Gasteiger partial charge >= 0.3 is 0 Å². The van der Waals surface area contributed by atoms with E-state index in [1.165, 1.54) is 18.2 Å². The first-order chi connectivity index (χ1) is 14.1. The van der Waals surface area contributed by atoms with Crippen LogP contribution in [0.3, 0.4) is 0 Å². The third-order valence-electron chi connectivity index (χ3n) is 5.19. The van der Waals surface area contributed by atoms with Gasteiger partial charge in [-0.25, -0.2) is 0 Å². The Kier molecular flexibility index (Phi) is 8.26. The van der Waals surface area contributed by atoms with Crippen molar-refractivity contribution in [3.05, 3.63) is 59.2 Å². The van der Waals surface area contributed by atoms with E-state index in [9.17, 15) is 20.1 Å². The molecule has 6 nitrogen and oxygen atoms in total. The Bertz CT molecular complexity index is 827. The molecule has 0 spiro atoms. The van der Waals surface area contributed by atoms with Crippen molar-refractivity contribution in [1.82, 2.24) is 10.2 Å². The summed E-state index contributed by atoms with van der Waals surface area (Å²) < 4.78 is 0. The van der Waals surface area contributed by atoms with E-state index in [2.05, 4.69) is 11.4 Å². The number of phenols is 2. The van der Waals surface area contributed by atoms with Gasteiger partial charge in [-0.05, 0) is 62.9 Å². The van der Waals surface area contributed by atoms with Gasteiger partial charge in [-0.15, -0.1) is 0 Å². The first-order valence-corrected chi connectivity index (χ1v) is 10.4. The van der Waals surface area contributed by atoms with Crippen LogP contribution >= 0.6 is 0 Å². The summed E-state index contributed by atoms with van der Waals surface area (Å²) in [4.78, 5) is 14.2. The van der Waals surface area contributed by atoms with Crippen LogP contribution in [0.4, 0.5) is 0 Å². The Labute approximate surface area is 179 Å². The number of likely N-dealkylation sites (N-methyl/N-ethyl adjacent to an activating group) is 1. The van der Waals surface area contributed by atoms with Gasteiger partial charge in [0.1, 0.15) is 11.5 Å². The largest absolute Gasteiger partial charge is 0.508 e. The molecule has 0 aliphatic heterocycles. The highest BCUT2D eigenvalue weighted by Gasteiger charge is 2.21. The van der Waals surface area contributed by atoms with E-state index in [0.29, 0.717) is 25.1 Å². The van der Waals surface area contributed by atoms with Crippen molar-refractivity contribution < 1.29 is 20.1 Å². The summed E-state index contributed by atoms with van der Waals surface area (Å²) >= 11 is 0. The van der Waals surface area contributed by atoms with Crippen LogP contribution in [0.1, 0.15) is 50.5 Å². The van der Waals surface area contributed by atoms with Crippen LogP contribution in [-0.2, 0) is 17.6 Å². The zero-order valence-electron chi connectivity index (χ0n) is 18.4. The molecular weight excluding hydrogens is 380 g/mol. The molecule has 0 radical (unpaired) electrons. The highest BCUT2D eigenvalue weighted by atomic mass is 16.3. The topological polar surface area (TPSA) is 93.0 Å². The molecule has 1 atom stereocenters. The van der Waals surface area contributed by atoms with Gasteiger partial charge in [0.05, 0.1) is 12.5 Å². The second-order valence-corrected chi connectivity index (χ2v) is 8.30. The molecule has 6 heteroatoms. The van der Waals surface area contributed by atoms with Crippen LogP contribution in [-0.4, -0.2) is 51.3 Å². The minimum Gasteiger partial charge on any atom is -0.508 e. The fourth-order valence-corrected chi connectivity index (χ4v) is 3.59. The third-order valence-corrected chi connectivity index (χ3v) is 5.19. The summed E-state index contributed by atoms with van der Waals surface area (Å²) in [6, 6.07) is 12.2. The molecule has 0 aliphatic carbocycles. The highest BCUT2D eigenvalue weighted by Crippen LogP contribution is 2.25. The number of carbonyl (C=O) groups is 1. The predicted molar refractivity (Wildman–Crippen MR) is 119 cm³/mol. The smallest absolute Gasteiger partial charge is 0.226 e. The van der Waals surface area contributed by atoms with Crippen LogP contribution in [0, 0.1) is 0 Å². The van der Waals surface area contributed by atoms with E-state index in [-0.39, 0.29) is 29.5 Å². The van der Waals surface area contributed by atoms with Crippen molar-refractivity contribution in [2.24, 2.45) is 0 Å². The van der Waals surface area contributed by atoms with Gasteiger partial charge in [0.2, 0.25) is 5.91 Å². The molecule has 0 saturated carbocycles. The minimum absolute atomic E-state index is 0.0839. The van der Waals surface area contributed by atoms with Crippen LogP contribution in [0.15, 0.2) is 42.5 Å². The maximum Gasteiger partial charge on any atom is 0.226 e. The number of aliphatic hydroxyl groups excluding tert-OH is 1. The molecule has 0 aromatic heterocycles. The molecular formula is C24H34N2O4. The van der Waals surface area contributed by atoms with Crippen molar-refractivity contribution in [1.29, 1.82) is 0 Å². The Morgan fingerprint density at radius 2 is 1.63 bits per heavy atom. The molecule has 1 amide bonds. The molecule has 0 saturated heterocycles. The van der Waals surface area contributed by atoms with E-state index in [0.717, 1.165) is 17.5 Å². The van der Waals surface area contributed by atoms with Gasteiger partial charge < -0.3 is 25.5 Å². The Balaban J connectivity index is 1.98. The summed E-state index contributed by atoms with van der Waals surface area (Å²) in [5, 5.41) is 33.0. The van der Waals surface area contributed by atoms with Crippen molar-refractivity contribution in [3.63, 3.8) is 0 Å². The zero-order chi connectivity index (χ0) is 22.3. The second kappa shape index (κ2) is 10.5. The molecule has 0 aliphatic rings. The lowest BCUT2D eigenvalue weighted by atomic mass is 9.93. The number of β-amino-alcohol motifs (C(OH)–C–C–N with tert-alkyl or cyclic N) is 1. The van der Waals surface area contributed by atoms with Gasteiger partial charge in [-0.3, -0.25) is 4.79 Å². The van der Waals surface area contributed by atoms with Crippen molar-refractivity contribution >= 4 is 5.91 Å². The second-order valence-electron chi connectivity index (χ2n) is 8.30. The maximum absolute atomic E-state index is 12.4. The molecule has 1 unspecified atom stereocenters. The molecule has 2 aromatic carbocycles. The highest BCUT2D eigenvalue weighted by molar-refractivity contribution is 5.78. The Morgan fingerprint density at radius 3 is 2.23 bits per heavy atom. The van der Waals surface area contributed by atoms with Crippen LogP contribution in [0.25, 0.3) is 0 Å². The molecule has 30 heavy (non-hydrogen) atoms. The van der Waals surface area contributed by atoms with Gasteiger partial charge in [-0.2, -0.15) is 0 Å². The summed E-state index contributed by atoms with van der Waals surface area (Å²) in [6.45, 7) is 9.77. The third kappa shape index (κ3) is 7.04. The number of amides is 1. The standard InChI is InChI=1S/C24H34N2O4/c1-5-26(6-2)23(30)11-17-8-7-9-18(10-17)15-24(3,4)25-16-22(29)19-12-20(27)14-21(28)13-19/h7-10,12-14,22,25,27-29H,5-6,11,15-16H2,1-4H3. The summed E-state index contributed by atoms with van der Waals surface area (Å²) in [5.41, 5.74) is 2.26. The van der Waals surface area contributed by atoms with E-state index in [4.69, 9.17) is 0 Å². The SMILES string of the molecule is CCN(CC)C(=O)Cc1cccc(CC(C)(C)NCC(O)c2cc(O)cc(O)c2)c1. The van der Waals surface area contributed by atoms with Gasteiger partial charge in [-0.1, -0.05) is 24.3 Å². The molecule has 0 fully saturated rings. The van der Waals surface area contributed by atoms with Gasteiger partial charge in [0, 0.05) is 31.2 Å². The molecule has 0 bridgehead atoms. The number of hydrogen-bond donors (Lipinski definition) is 4. The van der Waals surface area contributed by atoms with E-state index < -0.39 is 6.10 Å². The Morgan fingerprint density at radius 1 is 1.03 bits per heavy atom. The quantitative estimate of drug-likeness (QED) is 0.479. The molecule has 164 valence electrons. The number of nitrogens with one attached hydrogen (secondary N) is 1. The number of benzene rings is 2. The number of nitrogens with zero attached hydrogens (tertiary/aromatic N) is 1. The molecule has 0 heterocycles. The minimum atomic E-state index is -0.861. The summed E-state index contributed by atoms with van der Waals surface area (Å²) in [5.74, 6) is -0.0363. The zero-order valence-corrected chi connectivity index (χ0v) is 18.4. The molecule has 4 N–H and O–H groups in total. The van der Waals surface area contributed by atoms with Crippen molar-refractivity contribution in [2.45, 2.75) is 52.2 Å². The van der Waals surface area contributed by atoms with Crippen LogP contribution < -0.4 is 5.32 Å². The Hall–Kier alpha value is -2.57. The predicted octanol–water partition coefficient (Wildman–Crippen LogP) is 3.15. The van der Waals surface area contributed by atoms with E-state index >= 15 is 0 Å². The maximum atomic E-state index is 12.4. The lowest BCUT2D eigenvalue weighted by Crippen LogP contribution is -2.43. The number of aromatic hydroxyl groups is 2. The lowest BCUT2D eigenvalue weighted by molar-refractivity contribution is -0.130. The van der Waals surface area contributed by atoms with Crippen molar-refractivity contribution in [2.75, 3.05) is 19.6 Å². The number of phenolic OH excluding ortho intramolecular Hbond substituents is 2. The van der Waals surface area contributed by atoms with Gasteiger partial charge in [0.25, 0.3) is 0 Å². The number of rotatable bonds is 10. The van der Waals surface area contributed by atoms with E-state index in [1.54, 1.807) is 0 Å². The summed E-state index contributed by atoms with van der Waals surface area (Å²) in [6.07, 6.45) is 0.252. The number of hydrogen-bond acceptors (Lipinski definition) is 5. The fraction of sp³-hybridized carbons (Fsp3) is 0.458. The van der Waals surface area contributed by atoms with Crippen LogP contribution in [0.5, 0.6) is 11.5 Å². The van der Waals surface area contributed by atoms with E-state index in [1.807, 2.05) is 50.8 Å². The van der Waals surface area contributed by atoms with Gasteiger partial charge in [0.15, 0.2) is 0 Å². The first kappa shape index (κ1) is 23.7. The summed E-state index contributed by atoms with van der Waals surface area (Å²) in [7, 11) is 0. The molecule has 2 aromatic rings. The first-order valence-electron chi connectivity index (χ1n) is 10.4. The normalized spacial score (nSPS) is 12.6. The average molecular weight is 415 g/mol. The lowest BCUT2D eigenvalue weighted by Gasteiger charge is -2.28. The average Bonchev–Trinajstić information content (AvgIpc) is 2.66. The number of aliphatic hydroxyl groups is 1. The molecule has 2 rings (SSSR count). The van der Waals surface area contributed by atoms with Crippen molar-refractivity contribution in [3.8, 4) is 11.5 Å².